The molecular formula is C44H39N3. The van der Waals surface area contributed by atoms with Gasteiger partial charge in [0, 0.05) is 50.0 Å². The minimum absolute atomic E-state index is 0.0209. The van der Waals surface area contributed by atoms with Crippen molar-refractivity contribution < 1.29 is 0 Å². The van der Waals surface area contributed by atoms with Gasteiger partial charge < -0.3 is 9.55 Å². The number of nitrogens with one attached hydrogen (secondary N) is 1. The summed E-state index contributed by atoms with van der Waals surface area (Å²) in [5, 5.41) is 5.22. The zero-order valence-corrected chi connectivity index (χ0v) is 27.9. The number of pyridine rings is 1. The van der Waals surface area contributed by atoms with Gasteiger partial charge in [-0.05, 0) is 99.2 Å². The summed E-state index contributed by atoms with van der Waals surface area (Å²) in [4.78, 5) is 8.30. The van der Waals surface area contributed by atoms with Gasteiger partial charge in [0.15, 0.2) is 0 Å². The minimum Gasteiger partial charge on any atom is -0.355 e. The van der Waals surface area contributed by atoms with E-state index in [1.807, 2.05) is 18.3 Å². The molecule has 5 aromatic carbocycles. The number of aromatic amines is 1. The van der Waals surface area contributed by atoms with Crippen LogP contribution >= 0.6 is 0 Å². The summed E-state index contributed by atoms with van der Waals surface area (Å²) in [7, 11) is 0. The Hall–Kier alpha value is -5.15. The summed E-state index contributed by atoms with van der Waals surface area (Å²) in [6.45, 7) is 14.6. The number of rotatable bonds is 3. The maximum Gasteiger partial charge on any atom is 0.0701 e. The first-order valence-electron chi connectivity index (χ1n) is 16.7. The Balaban J connectivity index is 1.21. The van der Waals surface area contributed by atoms with Crippen molar-refractivity contribution >= 4 is 43.6 Å². The van der Waals surface area contributed by atoms with Crippen LogP contribution < -0.4 is 0 Å². The Bertz CT molecular complexity index is 2520. The summed E-state index contributed by atoms with van der Waals surface area (Å²) in [5.74, 6) is 0. The van der Waals surface area contributed by atoms with Gasteiger partial charge in [-0.3, -0.25) is 4.98 Å². The molecule has 0 spiro atoms. The number of fused-ring (bicyclic) bond motifs is 8. The quantitative estimate of drug-likeness (QED) is 0.212. The van der Waals surface area contributed by atoms with E-state index < -0.39 is 0 Å². The third-order valence-electron chi connectivity index (χ3n) is 12.3. The third kappa shape index (κ3) is 3.71. The number of H-pyrrole nitrogens is 1. The standard InChI is InChI=1S/C44H39N3/c1-42(2)34-20-22-37-40(41(34)43(3,4)44(42,5)6)33-26-28(16-21-36(33)46-37)29-17-23-39-32(25-29)31-11-7-8-13-38(31)47(39)30-18-14-27(15-19-30)35-12-9-10-24-45-35/h7-26,46H,1-6H3. The summed E-state index contributed by atoms with van der Waals surface area (Å²) < 4.78 is 2.38. The number of hydrogen-bond acceptors (Lipinski definition) is 1. The van der Waals surface area contributed by atoms with E-state index in [4.69, 9.17) is 0 Å². The van der Waals surface area contributed by atoms with Gasteiger partial charge >= 0.3 is 0 Å². The van der Waals surface area contributed by atoms with Gasteiger partial charge in [0.2, 0.25) is 0 Å². The van der Waals surface area contributed by atoms with Crippen LogP contribution in [-0.2, 0) is 10.8 Å². The molecule has 0 atom stereocenters. The Kier molecular flexibility index (Phi) is 5.65. The lowest BCUT2D eigenvalue weighted by Crippen LogP contribution is -2.42. The highest BCUT2D eigenvalue weighted by atomic mass is 15.0. The number of hydrogen-bond donors (Lipinski definition) is 1. The van der Waals surface area contributed by atoms with Crippen LogP contribution in [0.1, 0.15) is 52.7 Å². The zero-order chi connectivity index (χ0) is 32.3. The Morgan fingerprint density at radius 3 is 1.98 bits per heavy atom. The number of para-hydroxylation sites is 1. The monoisotopic (exact) mass is 609 g/mol. The van der Waals surface area contributed by atoms with Gasteiger partial charge in [-0.1, -0.05) is 96.1 Å². The molecule has 3 heteroatoms. The van der Waals surface area contributed by atoms with E-state index in [1.54, 1.807) is 0 Å². The fourth-order valence-corrected chi connectivity index (χ4v) is 8.52. The lowest BCUT2D eigenvalue weighted by atomic mass is 9.59. The van der Waals surface area contributed by atoms with E-state index in [-0.39, 0.29) is 16.2 Å². The van der Waals surface area contributed by atoms with Crippen LogP contribution in [0.5, 0.6) is 0 Å². The largest absolute Gasteiger partial charge is 0.355 e. The summed E-state index contributed by atoms with van der Waals surface area (Å²) in [6.07, 6.45) is 1.85. The Morgan fingerprint density at radius 2 is 1.21 bits per heavy atom. The molecule has 3 heterocycles. The molecule has 0 bridgehead atoms. The minimum atomic E-state index is 0.0209. The van der Waals surface area contributed by atoms with E-state index in [0.29, 0.717) is 0 Å². The van der Waals surface area contributed by atoms with Crippen molar-refractivity contribution in [2.75, 3.05) is 0 Å². The molecule has 8 aromatic rings. The molecule has 0 saturated carbocycles. The lowest BCUT2D eigenvalue weighted by Gasteiger charge is -2.44. The molecule has 3 nitrogen and oxygen atoms in total. The molecular weight excluding hydrogens is 571 g/mol. The van der Waals surface area contributed by atoms with Crippen molar-refractivity contribution in [3.63, 3.8) is 0 Å². The predicted octanol–water partition coefficient (Wildman–Crippen LogP) is 11.7. The second-order valence-corrected chi connectivity index (χ2v) is 15.0. The highest BCUT2D eigenvalue weighted by Crippen LogP contribution is 2.63. The summed E-state index contributed by atoms with van der Waals surface area (Å²) in [6, 6.07) is 42.1. The molecule has 0 aliphatic heterocycles. The van der Waals surface area contributed by atoms with Crippen LogP contribution in [-0.4, -0.2) is 14.5 Å². The number of benzene rings is 5. The van der Waals surface area contributed by atoms with E-state index in [9.17, 15) is 0 Å². The average Bonchev–Trinajstić information content (AvgIpc) is 3.65. The fourth-order valence-electron chi connectivity index (χ4n) is 8.52. The van der Waals surface area contributed by atoms with Gasteiger partial charge in [0.1, 0.15) is 0 Å². The second kappa shape index (κ2) is 9.45. The highest BCUT2D eigenvalue weighted by molar-refractivity contribution is 6.13. The van der Waals surface area contributed by atoms with Gasteiger partial charge in [-0.2, -0.15) is 0 Å². The van der Waals surface area contributed by atoms with Crippen LogP contribution in [0, 0.1) is 5.41 Å². The molecule has 1 N–H and O–H groups in total. The molecule has 0 saturated heterocycles. The van der Waals surface area contributed by atoms with Crippen molar-refractivity contribution in [3.8, 4) is 28.1 Å². The molecule has 0 amide bonds. The van der Waals surface area contributed by atoms with Crippen molar-refractivity contribution in [2.24, 2.45) is 5.41 Å². The molecule has 1 aliphatic rings. The number of nitrogens with zero attached hydrogens (tertiary/aromatic N) is 2. The number of aromatic nitrogens is 3. The van der Waals surface area contributed by atoms with Crippen molar-refractivity contribution in [1.82, 2.24) is 14.5 Å². The molecule has 230 valence electrons. The van der Waals surface area contributed by atoms with E-state index in [0.717, 1.165) is 16.9 Å². The lowest BCUT2D eigenvalue weighted by molar-refractivity contribution is 0.125. The first-order valence-corrected chi connectivity index (χ1v) is 16.7. The van der Waals surface area contributed by atoms with Gasteiger partial charge in [0.25, 0.3) is 0 Å². The smallest absolute Gasteiger partial charge is 0.0701 e. The van der Waals surface area contributed by atoms with Crippen molar-refractivity contribution in [1.29, 1.82) is 0 Å². The molecule has 3 aromatic heterocycles. The molecule has 9 rings (SSSR count). The molecule has 0 unspecified atom stereocenters. The third-order valence-corrected chi connectivity index (χ3v) is 12.3. The molecule has 0 fully saturated rings. The highest BCUT2D eigenvalue weighted by Gasteiger charge is 2.57. The topological polar surface area (TPSA) is 33.6 Å². The van der Waals surface area contributed by atoms with Crippen LogP contribution in [0.4, 0.5) is 0 Å². The average molecular weight is 610 g/mol. The zero-order valence-electron chi connectivity index (χ0n) is 27.9. The molecule has 1 aliphatic carbocycles. The normalized spacial score (nSPS) is 16.4. The van der Waals surface area contributed by atoms with Crippen LogP contribution in [0.25, 0.3) is 71.7 Å². The molecule has 0 radical (unpaired) electrons. The maximum atomic E-state index is 4.54. The summed E-state index contributed by atoms with van der Waals surface area (Å²) in [5.41, 5.74) is 13.7. The Morgan fingerprint density at radius 1 is 0.553 bits per heavy atom. The second-order valence-electron chi connectivity index (χ2n) is 15.0. The van der Waals surface area contributed by atoms with Crippen LogP contribution in [0.3, 0.4) is 0 Å². The Labute approximate surface area is 275 Å². The first kappa shape index (κ1) is 28.1. The van der Waals surface area contributed by atoms with E-state index in [1.165, 1.54) is 65.9 Å². The van der Waals surface area contributed by atoms with Gasteiger partial charge in [-0.15, -0.1) is 0 Å². The van der Waals surface area contributed by atoms with Crippen molar-refractivity contribution in [2.45, 2.75) is 52.4 Å². The van der Waals surface area contributed by atoms with E-state index >= 15 is 0 Å². The maximum absolute atomic E-state index is 4.54. The van der Waals surface area contributed by atoms with Gasteiger partial charge in [-0.25, -0.2) is 0 Å². The first-order chi connectivity index (χ1) is 22.6. The van der Waals surface area contributed by atoms with Crippen LogP contribution in [0.15, 0.2) is 121 Å². The SMILES string of the molecule is CC1(C)c2ccc3[nH]c4ccc(-c5ccc6c(c5)c5ccccc5n6-c5ccc(-c6ccccn6)cc5)cc4c3c2C(C)(C)C1(C)C. The predicted molar refractivity (Wildman–Crippen MR) is 199 cm³/mol. The van der Waals surface area contributed by atoms with Crippen molar-refractivity contribution in [3.05, 3.63) is 133 Å². The summed E-state index contributed by atoms with van der Waals surface area (Å²) >= 11 is 0. The molecule has 47 heavy (non-hydrogen) atoms. The van der Waals surface area contributed by atoms with Gasteiger partial charge in [0.05, 0.1) is 16.7 Å². The fraction of sp³-hybridized carbons (Fsp3) is 0.205. The van der Waals surface area contributed by atoms with E-state index in [2.05, 4.69) is 159 Å². The van der Waals surface area contributed by atoms with Crippen LogP contribution in [0.2, 0.25) is 0 Å².